The van der Waals surface area contributed by atoms with E-state index in [1.807, 2.05) is 6.07 Å². The van der Waals surface area contributed by atoms with E-state index in [9.17, 15) is 13.2 Å². The van der Waals surface area contributed by atoms with Crippen molar-refractivity contribution in [3.05, 3.63) is 23.4 Å². The van der Waals surface area contributed by atoms with Gasteiger partial charge in [0.25, 0.3) is 0 Å². The van der Waals surface area contributed by atoms with Gasteiger partial charge in [0.05, 0.1) is 5.56 Å². The molecule has 108 valence electrons. The van der Waals surface area contributed by atoms with Crippen molar-refractivity contribution < 1.29 is 13.2 Å². The Hall–Kier alpha value is -1.77. The molecule has 3 nitrogen and oxygen atoms in total. The highest BCUT2D eigenvalue weighted by atomic mass is 19.4. The summed E-state index contributed by atoms with van der Waals surface area (Å²) in [4.78, 5) is 3.59. The van der Waals surface area contributed by atoms with Crippen molar-refractivity contribution in [3.8, 4) is 6.07 Å². The first-order valence-electron chi connectivity index (χ1n) is 6.49. The average Bonchev–Trinajstić information content (AvgIpc) is 2.67. The van der Waals surface area contributed by atoms with E-state index in [1.54, 1.807) is 0 Å². The van der Waals surface area contributed by atoms with Crippen LogP contribution in [0.25, 0.3) is 0 Å². The van der Waals surface area contributed by atoms with E-state index < -0.39 is 11.9 Å². The van der Waals surface area contributed by atoms with Crippen LogP contribution in [0, 0.1) is 16.7 Å². The number of aromatic nitrogens is 1. The van der Waals surface area contributed by atoms with E-state index in [4.69, 9.17) is 5.26 Å². The van der Waals surface area contributed by atoms with Gasteiger partial charge < -0.3 is 5.32 Å². The third kappa shape index (κ3) is 2.87. The molecular weight excluding hydrogens is 267 g/mol. The normalized spacial score (nSPS) is 21.5. The number of nitriles is 1. The molecule has 0 bridgehead atoms. The van der Waals surface area contributed by atoms with Crippen molar-refractivity contribution in [1.29, 1.82) is 5.26 Å². The highest BCUT2D eigenvalue weighted by Crippen LogP contribution is 2.39. The second kappa shape index (κ2) is 4.97. The zero-order chi connectivity index (χ0) is 15.0. The van der Waals surface area contributed by atoms with Gasteiger partial charge in [-0.3, -0.25) is 0 Å². The largest absolute Gasteiger partial charge is 0.433 e. The van der Waals surface area contributed by atoms with Gasteiger partial charge in [-0.2, -0.15) is 18.4 Å². The molecule has 6 heteroatoms. The maximum atomic E-state index is 12.7. The number of nitrogens with one attached hydrogen (secondary N) is 1. The van der Waals surface area contributed by atoms with Gasteiger partial charge in [-0.15, -0.1) is 0 Å². The lowest BCUT2D eigenvalue weighted by atomic mass is 9.87. The second-order valence-electron chi connectivity index (χ2n) is 5.78. The molecule has 1 N–H and O–H groups in total. The third-order valence-electron chi connectivity index (χ3n) is 3.87. The summed E-state index contributed by atoms with van der Waals surface area (Å²) in [5, 5.41) is 12.0. The van der Waals surface area contributed by atoms with Gasteiger partial charge in [0.15, 0.2) is 0 Å². The van der Waals surface area contributed by atoms with Crippen molar-refractivity contribution >= 4 is 5.82 Å². The number of rotatable bonds is 2. The summed E-state index contributed by atoms with van der Waals surface area (Å²) in [6.07, 6.45) is -1.61. The second-order valence-corrected chi connectivity index (χ2v) is 5.78. The molecule has 0 amide bonds. The molecule has 1 aromatic heterocycles. The summed E-state index contributed by atoms with van der Waals surface area (Å²) >= 11 is 0. The highest BCUT2D eigenvalue weighted by molar-refractivity contribution is 5.53. The van der Waals surface area contributed by atoms with E-state index >= 15 is 0 Å². The topological polar surface area (TPSA) is 48.7 Å². The van der Waals surface area contributed by atoms with Crippen LogP contribution in [0.1, 0.15) is 44.4 Å². The summed E-state index contributed by atoms with van der Waals surface area (Å²) in [7, 11) is 0. The fourth-order valence-corrected chi connectivity index (χ4v) is 2.58. The first kappa shape index (κ1) is 14.6. The van der Waals surface area contributed by atoms with E-state index in [0.29, 0.717) is 0 Å². The smallest absolute Gasteiger partial charge is 0.366 e. The van der Waals surface area contributed by atoms with Gasteiger partial charge >= 0.3 is 6.18 Å². The zero-order valence-electron chi connectivity index (χ0n) is 11.4. The van der Waals surface area contributed by atoms with E-state index in [-0.39, 0.29) is 22.8 Å². The van der Waals surface area contributed by atoms with Crippen LogP contribution < -0.4 is 5.32 Å². The summed E-state index contributed by atoms with van der Waals surface area (Å²) in [5.41, 5.74) is -0.849. The zero-order valence-corrected chi connectivity index (χ0v) is 11.4. The molecule has 1 fully saturated rings. The molecule has 1 aromatic rings. The Bertz CT molecular complexity index is 544. The fourth-order valence-electron chi connectivity index (χ4n) is 2.58. The molecule has 1 unspecified atom stereocenters. The van der Waals surface area contributed by atoms with E-state index in [2.05, 4.69) is 24.1 Å². The number of halogens is 3. The molecule has 1 aliphatic rings. The monoisotopic (exact) mass is 283 g/mol. The molecule has 0 aliphatic heterocycles. The SMILES string of the molecule is CC1(C)CCCC1Nc1nc(C(F)(F)F)ccc1C#N. The van der Waals surface area contributed by atoms with Crippen LogP contribution in [0.5, 0.6) is 0 Å². The van der Waals surface area contributed by atoms with Crippen molar-refractivity contribution in [3.63, 3.8) is 0 Å². The Labute approximate surface area is 115 Å². The first-order valence-corrected chi connectivity index (χ1v) is 6.49. The molecule has 1 aliphatic carbocycles. The van der Waals surface area contributed by atoms with Crippen LogP contribution in [0.2, 0.25) is 0 Å². The molecule has 0 aromatic carbocycles. The lowest BCUT2D eigenvalue weighted by Crippen LogP contribution is -2.31. The van der Waals surface area contributed by atoms with Crippen LogP contribution in [0.15, 0.2) is 12.1 Å². The van der Waals surface area contributed by atoms with Crippen LogP contribution in [0.4, 0.5) is 19.0 Å². The Morgan fingerprint density at radius 2 is 2.10 bits per heavy atom. The minimum Gasteiger partial charge on any atom is -0.366 e. The molecule has 0 saturated heterocycles. The van der Waals surface area contributed by atoms with Crippen molar-refractivity contribution in [2.24, 2.45) is 5.41 Å². The average molecular weight is 283 g/mol. The predicted molar refractivity (Wildman–Crippen MR) is 69.0 cm³/mol. The molecule has 1 heterocycles. The molecule has 0 radical (unpaired) electrons. The molecule has 20 heavy (non-hydrogen) atoms. The number of hydrogen-bond donors (Lipinski definition) is 1. The maximum absolute atomic E-state index is 12.7. The lowest BCUT2D eigenvalue weighted by Gasteiger charge is -2.28. The van der Waals surface area contributed by atoms with Crippen LogP contribution >= 0.6 is 0 Å². The summed E-state index contributed by atoms with van der Waals surface area (Å²) < 4.78 is 38.1. The summed E-state index contributed by atoms with van der Waals surface area (Å²) in [5.74, 6) is 0.0299. The Balaban J connectivity index is 2.33. The predicted octanol–water partition coefficient (Wildman–Crippen LogP) is 3.96. The Morgan fingerprint density at radius 1 is 1.40 bits per heavy atom. The minimum absolute atomic E-state index is 0.0113. The standard InChI is InChI=1S/C14H16F3N3/c1-13(2)7-3-4-10(13)19-12-9(8-18)5-6-11(20-12)14(15,16)17/h5-6,10H,3-4,7H2,1-2H3,(H,19,20). The minimum atomic E-state index is -4.50. The van der Waals surface area contributed by atoms with Gasteiger partial charge in [0.2, 0.25) is 0 Å². The first-order chi connectivity index (χ1) is 9.24. The fraction of sp³-hybridized carbons (Fsp3) is 0.571. The van der Waals surface area contributed by atoms with Crippen molar-refractivity contribution in [1.82, 2.24) is 4.98 Å². The van der Waals surface area contributed by atoms with Gasteiger partial charge in [-0.25, -0.2) is 4.98 Å². The molecule has 0 spiro atoms. The van der Waals surface area contributed by atoms with Gasteiger partial charge in [0, 0.05) is 6.04 Å². The van der Waals surface area contributed by atoms with Crippen LogP contribution in [-0.2, 0) is 6.18 Å². The number of hydrogen-bond acceptors (Lipinski definition) is 3. The van der Waals surface area contributed by atoms with Crippen LogP contribution in [0.3, 0.4) is 0 Å². The van der Waals surface area contributed by atoms with Gasteiger partial charge in [-0.05, 0) is 30.4 Å². The molecule has 2 rings (SSSR count). The number of alkyl halides is 3. The number of anilines is 1. The van der Waals surface area contributed by atoms with Crippen molar-refractivity contribution in [2.75, 3.05) is 5.32 Å². The van der Waals surface area contributed by atoms with Crippen LogP contribution in [-0.4, -0.2) is 11.0 Å². The Morgan fingerprint density at radius 3 is 2.60 bits per heavy atom. The van der Waals surface area contributed by atoms with E-state index in [1.165, 1.54) is 6.07 Å². The molecular formula is C14H16F3N3. The molecule has 1 saturated carbocycles. The Kier molecular flexibility index (Phi) is 3.63. The van der Waals surface area contributed by atoms with Gasteiger partial charge in [0.1, 0.15) is 17.6 Å². The summed E-state index contributed by atoms with van der Waals surface area (Å²) in [6.45, 7) is 4.13. The lowest BCUT2D eigenvalue weighted by molar-refractivity contribution is -0.141. The maximum Gasteiger partial charge on any atom is 0.433 e. The quantitative estimate of drug-likeness (QED) is 0.893. The number of pyridine rings is 1. The highest BCUT2D eigenvalue weighted by Gasteiger charge is 2.36. The van der Waals surface area contributed by atoms with E-state index in [0.717, 1.165) is 25.3 Å². The number of nitrogens with zero attached hydrogens (tertiary/aromatic N) is 2. The van der Waals surface area contributed by atoms with Crippen molar-refractivity contribution in [2.45, 2.75) is 45.3 Å². The summed E-state index contributed by atoms with van der Waals surface area (Å²) in [6, 6.07) is 3.92. The van der Waals surface area contributed by atoms with Gasteiger partial charge in [-0.1, -0.05) is 20.3 Å². The molecule has 1 atom stereocenters. The third-order valence-corrected chi connectivity index (χ3v) is 3.87.